The van der Waals surface area contributed by atoms with Crippen LogP contribution in [-0.2, 0) is 17.8 Å². The Morgan fingerprint density at radius 1 is 1.11 bits per heavy atom. The number of nitrogens with one attached hydrogen (secondary N) is 1. The molecule has 3 rings (SSSR count). The smallest absolute Gasteiger partial charge is 0.220 e. The summed E-state index contributed by atoms with van der Waals surface area (Å²) in [6, 6.07) is 13.5. The molecule has 0 aliphatic carbocycles. The molecule has 0 spiro atoms. The van der Waals surface area contributed by atoms with Crippen LogP contribution in [0.3, 0.4) is 0 Å². The first kappa shape index (κ1) is 19.0. The van der Waals surface area contributed by atoms with Crippen LogP contribution in [0, 0.1) is 0 Å². The van der Waals surface area contributed by atoms with E-state index in [1.807, 2.05) is 42.5 Å². The number of rotatable bonds is 7. The summed E-state index contributed by atoms with van der Waals surface area (Å²) in [6.45, 7) is 0.431. The number of aryl methyl sites for hydroxylation is 1. The van der Waals surface area contributed by atoms with Gasteiger partial charge in [-0.2, -0.15) is 0 Å². The molecule has 0 aliphatic rings. The van der Waals surface area contributed by atoms with Crippen LogP contribution in [0.5, 0.6) is 5.75 Å². The van der Waals surface area contributed by atoms with Crippen molar-refractivity contribution in [1.29, 1.82) is 0 Å². The quantitative estimate of drug-likeness (QED) is 0.616. The third-order valence-corrected chi connectivity index (χ3v) is 4.68. The van der Waals surface area contributed by atoms with E-state index in [1.54, 1.807) is 25.7 Å². The number of pyridine rings is 2. The first-order chi connectivity index (χ1) is 13.2. The maximum absolute atomic E-state index is 12.3. The number of hydrogen-bond acceptors (Lipinski definition) is 4. The van der Waals surface area contributed by atoms with Gasteiger partial charge >= 0.3 is 0 Å². The van der Waals surface area contributed by atoms with Gasteiger partial charge < -0.3 is 10.1 Å². The van der Waals surface area contributed by atoms with Crippen molar-refractivity contribution in [2.24, 2.45) is 0 Å². The number of hydrogen-bond donors (Lipinski definition) is 1. The van der Waals surface area contributed by atoms with Crippen molar-refractivity contribution >= 4 is 21.8 Å². The van der Waals surface area contributed by atoms with E-state index in [9.17, 15) is 4.79 Å². The summed E-state index contributed by atoms with van der Waals surface area (Å²) in [5.74, 6) is 0.778. The Hall–Kier alpha value is -2.73. The molecule has 0 bridgehead atoms. The van der Waals surface area contributed by atoms with Gasteiger partial charge in [-0.25, -0.2) is 0 Å². The molecule has 0 fully saturated rings. The number of aromatic nitrogens is 2. The van der Waals surface area contributed by atoms with Crippen molar-refractivity contribution in [1.82, 2.24) is 15.3 Å². The third kappa shape index (κ3) is 5.14. The largest absolute Gasteiger partial charge is 0.496 e. The van der Waals surface area contributed by atoms with Crippen molar-refractivity contribution in [2.45, 2.75) is 19.4 Å². The van der Waals surface area contributed by atoms with E-state index >= 15 is 0 Å². The first-order valence-corrected chi connectivity index (χ1v) is 9.40. The van der Waals surface area contributed by atoms with Crippen LogP contribution in [0.2, 0.25) is 0 Å². The minimum atomic E-state index is -0.0124. The zero-order chi connectivity index (χ0) is 19.1. The number of nitrogens with zero attached hydrogens (tertiary/aromatic N) is 2. The van der Waals surface area contributed by atoms with Crippen LogP contribution in [0.15, 0.2) is 65.5 Å². The van der Waals surface area contributed by atoms with Gasteiger partial charge in [-0.3, -0.25) is 14.8 Å². The van der Waals surface area contributed by atoms with E-state index in [-0.39, 0.29) is 5.91 Å². The van der Waals surface area contributed by atoms with Crippen molar-refractivity contribution in [3.8, 4) is 17.0 Å². The summed E-state index contributed by atoms with van der Waals surface area (Å²) in [5.41, 5.74) is 3.81. The molecule has 6 heteroatoms. The molecule has 0 unspecified atom stereocenters. The normalized spacial score (nSPS) is 10.4. The Labute approximate surface area is 167 Å². The fourth-order valence-corrected chi connectivity index (χ4v) is 3.23. The summed E-state index contributed by atoms with van der Waals surface area (Å²) in [7, 11) is 1.63. The average Bonchev–Trinajstić information content (AvgIpc) is 2.71. The molecule has 0 aliphatic heterocycles. The highest BCUT2D eigenvalue weighted by molar-refractivity contribution is 9.10. The molecular weight excluding hydrogens is 406 g/mol. The number of carbonyl (C=O) groups is 1. The first-order valence-electron chi connectivity index (χ1n) is 8.61. The molecule has 2 aromatic heterocycles. The van der Waals surface area contributed by atoms with Gasteiger partial charge in [-0.15, -0.1) is 0 Å². The fraction of sp³-hybridized carbons (Fsp3) is 0.190. The Kier molecular flexibility index (Phi) is 6.54. The van der Waals surface area contributed by atoms with Crippen LogP contribution in [0.4, 0.5) is 0 Å². The SMILES string of the molecule is COc1ccc(Br)cc1CCC(=O)NCc1cccnc1-c1ccncc1. The fourth-order valence-electron chi connectivity index (χ4n) is 2.82. The van der Waals surface area contributed by atoms with E-state index < -0.39 is 0 Å². The van der Waals surface area contributed by atoms with Crippen molar-refractivity contribution in [3.63, 3.8) is 0 Å². The van der Waals surface area contributed by atoms with Gasteiger partial charge in [0.15, 0.2) is 0 Å². The molecule has 1 aromatic carbocycles. The van der Waals surface area contributed by atoms with Gasteiger partial charge in [0, 0.05) is 41.6 Å². The highest BCUT2D eigenvalue weighted by Gasteiger charge is 2.10. The molecule has 3 aromatic rings. The number of halogens is 1. The Morgan fingerprint density at radius 3 is 2.70 bits per heavy atom. The summed E-state index contributed by atoms with van der Waals surface area (Å²) in [6.07, 6.45) is 6.21. The number of methoxy groups -OCH3 is 1. The molecule has 0 atom stereocenters. The lowest BCUT2D eigenvalue weighted by Crippen LogP contribution is -2.23. The van der Waals surface area contributed by atoms with E-state index in [2.05, 4.69) is 31.2 Å². The van der Waals surface area contributed by atoms with E-state index in [0.717, 1.165) is 32.6 Å². The summed E-state index contributed by atoms with van der Waals surface area (Å²) in [4.78, 5) is 20.8. The van der Waals surface area contributed by atoms with Gasteiger partial charge in [0.1, 0.15) is 5.75 Å². The maximum Gasteiger partial charge on any atom is 0.220 e. The predicted octanol–water partition coefficient (Wildman–Crippen LogP) is 4.16. The standard InChI is InChI=1S/C21H20BrN3O2/c1-27-19-6-5-18(22)13-16(19)4-7-20(26)25-14-17-3-2-10-24-21(17)15-8-11-23-12-9-15/h2-3,5-6,8-13H,4,7,14H2,1H3,(H,25,26). The van der Waals surface area contributed by atoms with E-state index in [4.69, 9.17) is 4.74 Å². The van der Waals surface area contributed by atoms with Gasteiger partial charge in [0.05, 0.1) is 12.8 Å². The number of ether oxygens (including phenoxy) is 1. The lowest BCUT2D eigenvalue weighted by molar-refractivity contribution is -0.121. The second kappa shape index (κ2) is 9.28. The highest BCUT2D eigenvalue weighted by Crippen LogP contribution is 2.24. The van der Waals surface area contributed by atoms with Crippen LogP contribution < -0.4 is 10.1 Å². The van der Waals surface area contributed by atoms with Crippen molar-refractivity contribution in [3.05, 3.63) is 76.7 Å². The minimum absolute atomic E-state index is 0.0124. The zero-order valence-corrected chi connectivity index (χ0v) is 16.6. The lowest BCUT2D eigenvalue weighted by atomic mass is 10.1. The molecule has 2 heterocycles. The van der Waals surface area contributed by atoms with Gasteiger partial charge in [0.2, 0.25) is 5.91 Å². The highest BCUT2D eigenvalue weighted by atomic mass is 79.9. The molecule has 0 radical (unpaired) electrons. The summed E-state index contributed by atoms with van der Waals surface area (Å²) < 4.78 is 6.33. The Bertz CT molecular complexity index is 916. The zero-order valence-electron chi connectivity index (χ0n) is 15.0. The second-order valence-corrected chi connectivity index (χ2v) is 6.90. The molecule has 27 heavy (non-hydrogen) atoms. The third-order valence-electron chi connectivity index (χ3n) is 4.18. The minimum Gasteiger partial charge on any atom is -0.496 e. The molecule has 138 valence electrons. The lowest BCUT2D eigenvalue weighted by Gasteiger charge is -2.11. The van der Waals surface area contributed by atoms with E-state index in [0.29, 0.717) is 19.4 Å². The van der Waals surface area contributed by atoms with Gasteiger partial charge in [0.25, 0.3) is 0 Å². The molecule has 0 saturated heterocycles. The van der Waals surface area contributed by atoms with Gasteiger partial charge in [-0.1, -0.05) is 22.0 Å². The van der Waals surface area contributed by atoms with Crippen LogP contribution in [0.25, 0.3) is 11.3 Å². The predicted molar refractivity (Wildman–Crippen MR) is 108 cm³/mol. The number of benzene rings is 1. The van der Waals surface area contributed by atoms with Crippen molar-refractivity contribution < 1.29 is 9.53 Å². The van der Waals surface area contributed by atoms with Crippen LogP contribution >= 0.6 is 15.9 Å². The average molecular weight is 426 g/mol. The molecular formula is C21H20BrN3O2. The Balaban J connectivity index is 1.61. The molecule has 5 nitrogen and oxygen atoms in total. The van der Waals surface area contributed by atoms with E-state index in [1.165, 1.54) is 0 Å². The molecule has 0 saturated carbocycles. The Morgan fingerprint density at radius 2 is 1.93 bits per heavy atom. The second-order valence-electron chi connectivity index (χ2n) is 5.98. The summed E-state index contributed by atoms with van der Waals surface area (Å²) in [5, 5.41) is 2.98. The van der Waals surface area contributed by atoms with Crippen molar-refractivity contribution in [2.75, 3.05) is 7.11 Å². The monoisotopic (exact) mass is 425 g/mol. The topological polar surface area (TPSA) is 64.1 Å². The number of amides is 1. The van der Waals surface area contributed by atoms with Gasteiger partial charge in [-0.05, 0) is 53.9 Å². The number of carbonyl (C=O) groups excluding carboxylic acids is 1. The molecule has 1 N–H and O–H groups in total. The van der Waals surface area contributed by atoms with Crippen LogP contribution in [-0.4, -0.2) is 23.0 Å². The molecule has 1 amide bonds. The van der Waals surface area contributed by atoms with Crippen LogP contribution in [0.1, 0.15) is 17.5 Å². The maximum atomic E-state index is 12.3. The summed E-state index contributed by atoms with van der Waals surface area (Å²) >= 11 is 3.46.